The number of rotatable bonds is 13. The van der Waals surface area contributed by atoms with Gasteiger partial charge in [-0.1, -0.05) is 93.6 Å². The Hall–Kier alpha value is -3.86. The number of ether oxygens (including phenoxy) is 2. The SMILES string of the molecule is CCCCCCCCc1ccc(NC(=O)OCc2nc3ccccc3c(OCc3ccccc3)c2C)cc1. The van der Waals surface area contributed by atoms with Gasteiger partial charge < -0.3 is 9.47 Å². The number of carbonyl (C=O) groups is 1. The molecule has 0 fully saturated rings. The van der Waals surface area contributed by atoms with Gasteiger partial charge in [-0.3, -0.25) is 5.32 Å². The van der Waals surface area contributed by atoms with Gasteiger partial charge in [0.2, 0.25) is 0 Å². The largest absolute Gasteiger partial charge is 0.488 e. The molecule has 0 aliphatic carbocycles. The van der Waals surface area contributed by atoms with Crippen molar-refractivity contribution in [1.82, 2.24) is 4.98 Å². The molecule has 1 heterocycles. The first-order chi connectivity index (χ1) is 18.6. The number of aryl methyl sites for hydroxylation is 1. The van der Waals surface area contributed by atoms with Crippen molar-refractivity contribution in [2.45, 2.75) is 72.0 Å². The highest BCUT2D eigenvalue weighted by Gasteiger charge is 2.15. The number of carbonyl (C=O) groups excluding carboxylic acids is 1. The van der Waals surface area contributed by atoms with Crippen LogP contribution < -0.4 is 10.1 Å². The van der Waals surface area contributed by atoms with Crippen molar-refractivity contribution in [1.29, 1.82) is 0 Å². The molecule has 4 aromatic rings. The predicted molar refractivity (Wildman–Crippen MR) is 155 cm³/mol. The average molecular weight is 511 g/mol. The van der Waals surface area contributed by atoms with E-state index in [1.54, 1.807) is 0 Å². The van der Waals surface area contributed by atoms with Crippen LogP contribution in [0.1, 0.15) is 67.8 Å². The fourth-order valence-electron chi connectivity index (χ4n) is 4.53. The smallest absolute Gasteiger partial charge is 0.412 e. The van der Waals surface area contributed by atoms with E-state index in [1.165, 1.54) is 44.1 Å². The zero-order valence-corrected chi connectivity index (χ0v) is 22.5. The minimum absolute atomic E-state index is 0.0559. The summed E-state index contributed by atoms with van der Waals surface area (Å²) in [6.07, 6.45) is 8.29. The number of aromatic nitrogens is 1. The zero-order valence-electron chi connectivity index (χ0n) is 22.5. The van der Waals surface area contributed by atoms with E-state index < -0.39 is 6.09 Å². The lowest BCUT2D eigenvalue weighted by molar-refractivity contribution is 0.153. The third-order valence-electron chi connectivity index (χ3n) is 6.76. The van der Waals surface area contributed by atoms with Crippen LogP contribution in [0, 0.1) is 6.92 Å². The first-order valence-electron chi connectivity index (χ1n) is 13.7. The van der Waals surface area contributed by atoms with Crippen molar-refractivity contribution >= 4 is 22.7 Å². The number of hydrogen-bond acceptors (Lipinski definition) is 4. The van der Waals surface area contributed by atoms with Gasteiger partial charge in [0.1, 0.15) is 19.0 Å². The molecule has 1 amide bonds. The summed E-state index contributed by atoms with van der Waals surface area (Å²) in [4.78, 5) is 17.3. The molecule has 198 valence electrons. The van der Waals surface area contributed by atoms with Gasteiger partial charge in [-0.2, -0.15) is 0 Å². The Kier molecular flexibility index (Phi) is 10.1. The summed E-state index contributed by atoms with van der Waals surface area (Å²) in [6.45, 7) is 4.70. The van der Waals surface area contributed by atoms with E-state index in [2.05, 4.69) is 24.4 Å². The Morgan fingerprint density at radius 3 is 2.29 bits per heavy atom. The van der Waals surface area contributed by atoms with Crippen LogP contribution in [0.25, 0.3) is 10.9 Å². The number of hydrogen-bond donors (Lipinski definition) is 1. The number of benzene rings is 3. The highest BCUT2D eigenvalue weighted by Crippen LogP contribution is 2.31. The van der Waals surface area contributed by atoms with E-state index in [9.17, 15) is 4.79 Å². The topological polar surface area (TPSA) is 60.5 Å². The molecule has 0 aliphatic heterocycles. The second-order valence-electron chi connectivity index (χ2n) is 9.72. The first-order valence-corrected chi connectivity index (χ1v) is 13.7. The molecular formula is C33H38N2O3. The molecule has 4 rings (SSSR count). The second kappa shape index (κ2) is 14.2. The van der Waals surface area contributed by atoms with Gasteiger partial charge in [-0.15, -0.1) is 0 Å². The normalized spacial score (nSPS) is 10.9. The van der Waals surface area contributed by atoms with Gasteiger partial charge in [-0.05, 0) is 55.2 Å². The van der Waals surface area contributed by atoms with E-state index in [4.69, 9.17) is 14.5 Å². The summed E-state index contributed by atoms with van der Waals surface area (Å²) in [5, 5.41) is 3.77. The summed E-state index contributed by atoms with van der Waals surface area (Å²) >= 11 is 0. The quantitative estimate of drug-likeness (QED) is 0.183. The zero-order chi connectivity index (χ0) is 26.6. The lowest BCUT2D eigenvalue weighted by Crippen LogP contribution is -2.14. The number of nitrogens with one attached hydrogen (secondary N) is 1. The summed E-state index contributed by atoms with van der Waals surface area (Å²) in [5.41, 5.74) is 5.45. The molecule has 0 spiro atoms. The van der Waals surface area contributed by atoms with Crippen LogP contribution in [-0.2, 0) is 24.4 Å². The Balaban J connectivity index is 1.33. The fourth-order valence-corrected chi connectivity index (χ4v) is 4.53. The maximum atomic E-state index is 12.5. The van der Waals surface area contributed by atoms with Crippen LogP contribution in [0.2, 0.25) is 0 Å². The molecule has 38 heavy (non-hydrogen) atoms. The average Bonchev–Trinajstić information content (AvgIpc) is 2.95. The third kappa shape index (κ3) is 7.82. The lowest BCUT2D eigenvalue weighted by atomic mass is 10.0. The van der Waals surface area contributed by atoms with Crippen LogP contribution in [-0.4, -0.2) is 11.1 Å². The van der Waals surface area contributed by atoms with Crippen molar-refractivity contribution in [3.05, 3.63) is 101 Å². The molecule has 1 aromatic heterocycles. The van der Waals surface area contributed by atoms with Crippen molar-refractivity contribution in [2.24, 2.45) is 0 Å². The maximum absolute atomic E-state index is 12.5. The number of anilines is 1. The Labute approximate surface area is 226 Å². The van der Waals surface area contributed by atoms with E-state index >= 15 is 0 Å². The van der Waals surface area contributed by atoms with E-state index in [1.807, 2.05) is 73.7 Å². The van der Waals surface area contributed by atoms with E-state index in [-0.39, 0.29) is 6.61 Å². The molecular weight excluding hydrogens is 472 g/mol. The van der Waals surface area contributed by atoms with E-state index in [0.717, 1.165) is 39.9 Å². The minimum atomic E-state index is -0.505. The predicted octanol–water partition coefficient (Wildman–Crippen LogP) is 8.77. The number of para-hydroxylation sites is 1. The molecule has 1 N–H and O–H groups in total. The monoisotopic (exact) mass is 510 g/mol. The molecule has 5 heteroatoms. The molecule has 0 atom stereocenters. The van der Waals surface area contributed by atoms with Crippen molar-refractivity contribution in [3.8, 4) is 5.75 Å². The molecule has 5 nitrogen and oxygen atoms in total. The maximum Gasteiger partial charge on any atom is 0.412 e. The number of unbranched alkanes of at least 4 members (excludes halogenated alkanes) is 5. The van der Waals surface area contributed by atoms with Crippen LogP contribution in [0.4, 0.5) is 10.5 Å². The van der Waals surface area contributed by atoms with Crippen LogP contribution in [0.5, 0.6) is 5.75 Å². The highest BCUT2D eigenvalue weighted by molar-refractivity contribution is 5.87. The van der Waals surface area contributed by atoms with Crippen molar-refractivity contribution in [3.63, 3.8) is 0 Å². The van der Waals surface area contributed by atoms with Gasteiger partial charge in [-0.25, -0.2) is 9.78 Å². The van der Waals surface area contributed by atoms with Gasteiger partial charge in [0.15, 0.2) is 0 Å². The molecule has 3 aromatic carbocycles. The van der Waals surface area contributed by atoms with Gasteiger partial charge in [0.05, 0.1) is 11.2 Å². The standard InChI is InChI=1S/C33H38N2O3/c1-3-4-5-6-7-9-14-26-19-21-28(22-20-26)34-33(36)38-24-31-25(2)32(29-17-12-13-18-30(29)35-31)37-23-27-15-10-8-11-16-27/h8,10-13,15-22H,3-7,9,14,23-24H2,1-2H3,(H,34,36). The molecule has 0 bridgehead atoms. The summed E-state index contributed by atoms with van der Waals surface area (Å²) in [7, 11) is 0. The summed E-state index contributed by atoms with van der Waals surface area (Å²) < 4.78 is 11.8. The summed E-state index contributed by atoms with van der Waals surface area (Å²) in [5.74, 6) is 0.763. The first kappa shape index (κ1) is 27.2. The van der Waals surface area contributed by atoms with Crippen LogP contribution in [0.15, 0.2) is 78.9 Å². The third-order valence-corrected chi connectivity index (χ3v) is 6.76. The Bertz CT molecular complexity index is 1300. The van der Waals surface area contributed by atoms with Crippen LogP contribution >= 0.6 is 0 Å². The van der Waals surface area contributed by atoms with Gasteiger partial charge >= 0.3 is 6.09 Å². The second-order valence-corrected chi connectivity index (χ2v) is 9.72. The number of pyridine rings is 1. The molecule has 0 aliphatic rings. The molecule has 0 radical (unpaired) electrons. The number of fused-ring (bicyclic) bond motifs is 1. The van der Waals surface area contributed by atoms with Gasteiger partial charge in [0, 0.05) is 16.6 Å². The number of amides is 1. The summed E-state index contributed by atoms with van der Waals surface area (Å²) in [6, 6.07) is 25.9. The fraction of sp³-hybridized carbons (Fsp3) is 0.333. The van der Waals surface area contributed by atoms with Crippen molar-refractivity contribution < 1.29 is 14.3 Å². The lowest BCUT2D eigenvalue weighted by Gasteiger charge is -2.16. The minimum Gasteiger partial charge on any atom is -0.488 e. The Morgan fingerprint density at radius 1 is 0.789 bits per heavy atom. The highest BCUT2D eigenvalue weighted by atomic mass is 16.5. The molecule has 0 saturated carbocycles. The number of nitrogens with zero attached hydrogens (tertiary/aromatic N) is 1. The molecule has 0 unspecified atom stereocenters. The van der Waals surface area contributed by atoms with Crippen LogP contribution in [0.3, 0.4) is 0 Å². The van der Waals surface area contributed by atoms with Crippen molar-refractivity contribution in [2.75, 3.05) is 5.32 Å². The molecule has 0 saturated heterocycles. The van der Waals surface area contributed by atoms with Gasteiger partial charge in [0.25, 0.3) is 0 Å². The van der Waals surface area contributed by atoms with E-state index in [0.29, 0.717) is 12.3 Å². The Morgan fingerprint density at radius 2 is 1.50 bits per heavy atom.